The van der Waals surface area contributed by atoms with E-state index < -0.39 is 0 Å². The van der Waals surface area contributed by atoms with Gasteiger partial charge in [-0.25, -0.2) is 0 Å². The first-order valence-electron chi connectivity index (χ1n) is 3.72. The highest BCUT2D eigenvalue weighted by molar-refractivity contribution is 9.10. The van der Waals surface area contributed by atoms with Gasteiger partial charge in [0.2, 0.25) is 0 Å². The van der Waals surface area contributed by atoms with Gasteiger partial charge in [0.25, 0.3) is 0 Å². The molecule has 1 aromatic rings. The van der Waals surface area contributed by atoms with E-state index in [1.54, 1.807) is 7.11 Å². The van der Waals surface area contributed by atoms with E-state index in [4.69, 9.17) is 10.5 Å². The molecule has 66 valence electrons. The first kappa shape index (κ1) is 9.55. The Labute approximate surface area is 80.8 Å². The maximum absolute atomic E-state index is 5.59. The van der Waals surface area contributed by atoms with E-state index in [1.807, 2.05) is 19.1 Å². The van der Waals surface area contributed by atoms with Crippen molar-refractivity contribution >= 4 is 15.9 Å². The lowest BCUT2D eigenvalue weighted by Gasteiger charge is -2.10. The molecule has 0 heterocycles. The molecule has 1 rings (SSSR count). The molecule has 0 atom stereocenters. The van der Waals surface area contributed by atoms with Crippen molar-refractivity contribution in [1.82, 2.24) is 0 Å². The van der Waals surface area contributed by atoms with Gasteiger partial charge >= 0.3 is 0 Å². The zero-order valence-corrected chi connectivity index (χ0v) is 8.81. The normalized spacial score (nSPS) is 10.0. The van der Waals surface area contributed by atoms with Gasteiger partial charge in [0.05, 0.1) is 7.11 Å². The first-order chi connectivity index (χ1) is 5.70. The average Bonchev–Trinajstić information content (AvgIpc) is 2.06. The minimum absolute atomic E-state index is 0.531. The quantitative estimate of drug-likeness (QED) is 0.845. The Morgan fingerprint density at radius 3 is 2.67 bits per heavy atom. The Bertz CT molecular complexity index is 286. The number of benzene rings is 1. The topological polar surface area (TPSA) is 35.2 Å². The molecule has 1 aromatic carbocycles. The van der Waals surface area contributed by atoms with Gasteiger partial charge < -0.3 is 10.5 Å². The molecule has 0 radical (unpaired) electrons. The molecule has 0 aromatic heterocycles. The van der Waals surface area contributed by atoms with Crippen LogP contribution in [0.15, 0.2) is 16.6 Å². The molecule has 0 fully saturated rings. The summed E-state index contributed by atoms with van der Waals surface area (Å²) in [5.74, 6) is 0.888. The highest BCUT2D eigenvalue weighted by Gasteiger charge is 2.06. The van der Waals surface area contributed by atoms with Crippen LogP contribution in [-0.2, 0) is 6.54 Å². The van der Waals surface area contributed by atoms with E-state index in [9.17, 15) is 0 Å². The van der Waals surface area contributed by atoms with E-state index in [1.165, 1.54) is 0 Å². The SMILES string of the molecule is COc1ccc(Br)c(CN)c1C. The molecule has 0 aliphatic carbocycles. The molecular formula is C9H12BrNO. The summed E-state index contributed by atoms with van der Waals surface area (Å²) in [6.07, 6.45) is 0. The van der Waals surface area contributed by atoms with Gasteiger partial charge in [0.15, 0.2) is 0 Å². The van der Waals surface area contributed by atoms with Gasteiger partial charge in [-0.15, -0.1) is 0 Å². The van der Waals surface area contributed by atoms with Crippen LogP contribution in [-0.4, -0.2) is 7.11 Å². The zero-order valence-electron chi connectivity index (χ0n) is 7.23. The van der Waals surface area contributed by atoms with E-state index >= 15 is 0 Å². The van der Waals surface area contributed by atoms with E-state index in [2.05, 4.69) is 15.9 Å². The smallest absolute Gasteiger partial charge is 0.122 e. The van der Waals surface area contributed by atoms with Crippen LogP contribution in [0.25, 0.3) is 0 Å². The standard InChI is InChI=1S/C9H12BrNO/c1-6-7(5-11)8(10)3-4-9(6)12-2/h3-4H,5,11H2,1-2H3. The summed E-state index contributed by atoms with van der Waals surface area (Å²) in [6.45, 7) is 2.54. The summed E-state index contributed by atoms with van der Waals surface area (Å²) in [5.41, 5.74) is 7.80. The maximum atomic E-state index is 5.59. The second kappa shape index (κ2) is 3.92. The van der Waals surface area contributed by atoms with Crippen molar-refractivity contribution in [1.29, 1.82) is 0 Å². The molecule has 0 aliphatic heterocycles. The molecule has 3 heteroatoms. The number of methoxy groups -OCH3 is 1. The van der Waals surface area contributed by atoms with Crippen molar-refractivity contribution in [2.45, 2.75) is 13.5 Å². The van der Waals surface area contributed by atoms with Crippen molar-refractivity contribution in [3.05, 3.63) is 27.7 Å². The van der Waals surface area contributed by atoms with Gasteiger partial charge in [0, 0.05) is 11.0 Å². The fourth-order valence-electron chi connectivity index (χ4n) is 1.17. The Balaban J connectivity index is 3.24. The second-order valence-corrected chi connectivity index (χ2v) is 3.41. The van der Waals surface area contributed by atoms with Gasteiger partial charge in [0.1, 0.15) is 5.75 Å². The molecule has 0 saturated carbocycles. The monoisotopic (exact) mass is 229 g/mol. The van der Waals surface area contributed by atoms with Gasteiger partial charge in [-0.1, -0.05) is 15.9 Å². The number of halogens is 1. The molecule has 0 unspecified atom stereocenters. The van der Waals surface area contributed by atoms with Gasteiger partial charge in [-0.05, 0) is 30.2 Å². The lowest BCUT2D eigenvalue weighted by molar-refractivity contribution is 0.411. The fraction of sp³-hybridized carbons (Fsp3) is 0.333. The molecule has 0 spiro atoms. The lowest BCUT2D eigenvalue weighted by atomic mass is 10.1. The van der Waals surface area contributed by atoms with Crippen LogP contribution in [0.5, 0.6) is 5.75 Å². The zero-order chi connectivity index (χ0) is 9.14. The molecule has 12 heavy (non-hydrogen) atoms. The molecular weight excluding hydrogens is 218 g/mol. The average molecular weight is 230 g/mol. The van der Waals surface area contributed by atoms with Crippen LogP contribution in [0.2, 0.25) is 0 Å². The molecule has 0 bridgehead atoms. The van der Waals surface area contributed by atoms with Gasteiger partial charge in [-0.3, -0.25) is 0 Å². The first-order valence-corrected chi connectivity index (χ1v) is 4.52. The number of hydrogen-bond acceptors (Lipinski definition) is 2. The number of ether oxygens (including phenoxy) is 1. The van der Waals surface area contributed by atoms with E-state index in [0.717, 1.165) is 21.3 Å². The van der Waals surface area contributed by atoms with Crippen molar-refractivity contribution in [3.8, 4) is 5.75 Å². The molecule has 0 aliphatic rings. The predicted molar refractivity (Wildman–Crippen MR) is 53.3 cm³/mol. The minimum Gasteiger partial charge on any atom is -0.496 e. The van der Waals surface area contributed by atoms with Crippen molar-refractivity contribution in [2.24, 2.45) is 5.73 Å². The summed E-state index contributed by atoms with van der Waals surface area (Å²) in [7, 11) is 1.66. The van der Waals surface area contributed by atoms with Crippen LogP contribution in [0.3, 0.4) is 0 Å². The molecule has 2 nitrogen and oxygen atoms in total. The maximum Gasteiger partial charge on any atom is 0.122 e. The van der Waals surface area contributed by atoms with E-state index in [-0.39, 0.29) is 0 Å². The van der Waals surface area contributed by atoms with Crippen molar-refractivity contribution in [2.75, 3.05) is 7.11 Å². The number of rotatable bonds is 2. The Morgan fingerprint density at radius 2 is 2.17 bits per heavy atom. The third-order valence-electron chi connectivity index (χ3n) is 1.92. The highest BCUT2D eigenvalue weighted by atomic mass is 79.9. The predicted octanol–water partition coefficient (Wildman–Crippen LogP) is 2.22. The van der Waals surface area contributed by atoms with Crippen LogP contribution in [0.4, 0.5) is 0 Å². The van der Waals surface area contributed by atoms with Gasteiger partial charge in [-0.2, -0.15) is 0 Å². The second-order valence-electron chi connectivity index (χ2n) is 2.56. The largest absolute Gasteiger partial charge is 0.496 e. The Morgan fingerprint density at radius 1 is 1.50 bits per heavy atom. The summed E-state index contributed by atoms with van der Waals surface area (Å²) >= 11 is 3.44. The summed E-state index contributed by atoms with van der Waals surface area (Å²) in [6, 6.07) is 3.88. The van der Waals surface area contributed by atoms with Crippen molar-refractivity contribution < 1.29 is 4.74 Å². The fourth-order valence-corrected chi connectivity index (χ4v) is 1.77. The van der Waals surface area contributed by atoms with Crippen LogP contribution >= 0.6 is 15.9 Å². The molecule has 2 N–H and O–H groups in total. The highest BCUT2D eigenvalue weighted by Crippen LogP contribution is 2.27. The van der Waals surface area contributed by atoms with Crippen LogP contribution in [0.1, 0.15) is 11.1 Å². The van der Waals surface area contributed by atoms with Crippen LogP contribution < -0.4 is 10.5 Å². The summed E-state index contributed by atoms with van der Waals surface area (Å²) in [4.78, 5) is 0. The van der Waals surface area contributed by atoms with E-state index in [0.29, 0.717) is 6.54 Å². The number of hydrogen-bond donors (Lipinski definition) is 1. The Kier molecular flexibility index (Phi) is 3.12. The molecule has 0 saturated heterocycles. The third kappa shape index (κ3) is 1.62. The van der Waals surface area contributed by atoms with Crippen molar-refractivity contribution in [3.63, 3.8) is 0 Å². The van der Waals surface area contributed by atoms with Crippen LogP contribution in [0, 0.1) is 6.92 Å². The lowest BCUT2D eigenvalue weighted by Crippen LogP contribution is -2.01. The third-order valence-corrected chi connectivity index (χ3v) is 2.66. The summed E-state index contributed by atoms with van der Waals surface area (Å²) < 4.78 is 6.21. The summed E-state index contributed by atoms with van der Waals surface area (Å²) in [5, 5.41) is 0. The number of nitrogens with two attached hydrogens (primary N) is 1. The molecule has 0 amide bonds. The minimum atomic E-state index is 0.531. The Hall–Kier alpha value is -0.540.